The summed E-state index contributed by atoms with van der Waals surface area (Å²) in [6.07, 6.45) is -0.0164. The number of carbonyl (C=O) groups is 1. The number of hydrogen-bond acceptors (Lipinski definition) is 5. The molecule has 1 aromatic carbocycles. The van der Waals surface area contributed by atoms with E-state index >= 15 is 0 Å². The highest BCUT2D eigenvalue weighted by atomic mass is 35.5. The predicted molar refractivity (Wildman–Crippen MR) is 83.7 cm³/mol. The zero-order chi connectivity index (χ0) is 15.5. The normalized spacial score (nSPS) is 14.0. The minimum atomic E-state index is -0.862. The summed E-state index contributed by atoms with van der Waals surface area (Å²) in [5.41, 5.74) is 1.89. The lowest BCUT2D eigenvalue weighted by molar-refractivity contribution is -0.137. The summed E-state index contributed by atoms with van der Waals surface area (Å²) in [4.78, 5) is 11.1. The van der Waals surface area contributed by atoms with Gasteiger partial charge >= 0.3 is 5.97 Å². The third-order valence-corrected chi connectivity index (χ3v) is 4.49. The van der Waals surface area contributed by atoms with Crippen LogP contribution in [0.3, 0.4) is 0 Å². The zero-order valence-electron chi connectivity index (χ0n) is 11.5. The van der Waals surface area contributed by atoms with Gasteiger partial charge in [-0.3, -0.25) is 4.79 Å². The Kier molecular flexibility index (Phi) is 4.52. The van der Waals surface area contributed by atoms with Crippen LogP contribution in [0.1, 0.15) is 23.6 Å². The Morgan fingerprint density at radius 2 is 2.18 bits per heavy atom. The minimum absolute atomic E-state index is 0.0164. The van der Waals surface area contributed by atoms with Gasteiger partial charge in [-0.25, -0.2) is 0 Å². The first kappa shape index (κ1) is 15.1. The molecule has 1 aliphatic heterocycles. The molecule has 1 aromatic heterocycles. The highest BCUT2D eigenvalue weighted by molar-refractivity contribution is 7.14. The maximum absolute atomic E-state index is 11.1. The molecule has 0 spiro atoms. The van der Waals surface area contributed by atoms with Crippen molar-refractivity contribution in [1.29, 1.82) is 0 Å². The molecule has 2 heterocycles. The van der Waals surface area contributed by atoms with Crippen molar-refractivity contribution in [2.24, 2.45) is 0 Å². The number of fused-ring (bicyclic) bond motifs is 1. The number of aliphatic carboxylic acids is 1. The summed E-state index contributed by atoms with van der Waals surface area (Å²) in [6.45, 7) is 0.749. The molecule has 0 amide bonds. The number of nitrogens with one attached hydrogen (secondary N) is 1. The van der Waals surface area contributed by atoms with Crippen LogP contribution in [0.2, 0.25) is 4.34 Å². The second-order valence-electron chi connectivity index (χ2n) is 4.90. The number of benzene rings is 1. The van der Waals surface area contributed by atoms with Crippen LogP contribution < -0.4 is 14.8 Å². The van der Waals surface area contributed by atoms with Crippen LogP contribution >= 0.6 is 22.9 Å². The van der Waals surface area contributed by atoms with Gasteiger partial charge in [0.1, 0.15) is 0 Å². The summed E-state index contributed by atoms with van der Waals surface area (Å²) in [6, 6.07) is 7.04. The first-order valence-corrected chi connectivity index (χ1v) is 7.95. The lowest BCUT2D eigenvalue weighted by atomic mass is 10.0. The van der Waals surface area contributed by atoms with E-state index in [2.05, 4.69) is 5.32 Å². The third kappa shape index (κ3) is 3.52. The van der Waals surface area contributed by atoms with Crippen LogP contribution in [0, 0.1) is 0 Å². The number of carboxylic acid groups (broad SMARTS) is 1. The van der Waals surface area contributed by atoms with E-state index in [0.717, 1.165) is 15.5 Å². The van der Waals surface area contributed by atoms with Crippen molar-refractivity contribution in [2.45, 2.75) is 19.0 Å². The summed E-state index contributed by atoms with van der Waals surface area (Å²) >= 11 is 7.36. The van der Waals surface area contributed by atoms with E-state index in [-0.39, 0.29) is 19.3 Å². The van der Waals surface area contributed by atoms with Crippen LogP contribution in [-0.4, -0.2) is 17.9 Å². The van der Waals surface area contributed by atoms with Gasteiger partial charge in [-0.15, -0.1) is 11.3 Å². The van der Waals surface area contributed by atoms with Crippen LogP contribution in [0.15, 0.2) is 29.6 Å². The molecule has 3 rings (SSSR count). The topological polar surface area (TPSA) is 67.8 Å². The van der Waals surface area contributed by atoms with Gasteiger partial charge in [-0.2, -0.15) is 0 Å². The molecule has 116 valence electrons. The van der Waals surface area contributed by atoms with Crippen molar-refractivity contribution in [3.05, 3.63) is 45.1 Å². The smallest absolute Gasteiger partial charge is 0.305 e. The third-order valence-electron chi connectivity index (χ3n) is 3.35. The minimum Gasteiger partial charge on any atom is -0.481 e. The van der Waals surface area contributed by atoms with Crippen molar-refractivity contribution in [3.63, 3.8) is 0 Å². The molecule has 7 heteroatoms. The molecule has 1 atom stereocenters. The van der Waals surface area contributed by atoms with E-state index in [9.17, 15) is 4.79 Å². The van der Waals surface area contributed by atoms with Gasteiger partial charge < -0.3 is 19.9 Å². The van der Waals surface area contributed by atoms with Crippen molar-refractivity contribution < 1.29 is 19.4 Å². The molecule has 2 N–H and O–H groups in total. The van der Waals surface area contributed by atoms with Crippen LogP contribution in [0.4, 0.5) is 0 Å². The van der Waals surface area contributed by atoms with E-state index in [0.29, 0.717) is 18.0 Å². The molecular weight excluding hydrogens is 326 g/mol. The Hall–Kier alpha value is -1.76. The van der Waals surface area contributed by atoms with E-state index in [1.807, 2.05) is 23.6 Å². The zero-order valence-corrected chi connectivity index (χ0v) is 13.1. The molecule has 0 radical (unpaired) electrons. The molecule has 0 saturated carbocycles. The van der Waals surface area contributed by atoms with Gasteiger partial charge in [-0.05, 0) is 34.7 Å². The fourth-order valence-electron chi connectivity index (χ4n) is 2.29. The second kappa shape index (κ2) is 6.56. The average molecular weight is 340 g/mol. The number of thiophene rings is 1. The van der Waals surface area contributed by atoms with Gasteiger partial charge in [-0.1, -0.05) is 17.7 Å². The molecule has 5 nitrogen and oxygen atoms in total. The van der Waals surface area contributed by atoms with Crippen molar-refractivity contribution in [3.8, 4) is 11.5 Å². The number of ether oxygens (including phenoxy) is 2. The lowest BCUT2D eigenvalue weighted by Gasteiger charge is -2.17. The van der Waals surface area contributed by atoms with Crippen molar-refractivity contribution in [1.82, 2.24) is 5.32 Å². The number of carboxylic acids is 1. The van der Waals surface area contributed by atoms with Gasteiger partial charge in [0.05, 0.1) is 10.8 Å². The Labute approximate surface area is 136 Å². The molecule has 2 aromatic rings. The molecule has 0 fully saturated rings. The Bertz CT molecular complexity index is 688. The molecule has 22 heavy (non-hydrogen) atoms. The number of halogens is 1. The standard InChI is InChI=1S/C15H14ClNO4S/c16-14-3-9(7-22-14)6-17-11(5-15(18)19)10-1-2-12-13(4-10)21-8-20-12/h1-4,7,11,17H,5-6,8H2,(H,18,19)/t11-/m0/s1. The molecule has 0 aliphatic carbocycles. The van der Waals surface area contributed by atoms with Crippen molar-refractivity contribution >= 4 is 28.9 Å². The SMILES string of the molecule is O=C(O)C[C@H](NCc1csc(Cl)c1)c1ccc2c(c1)OCO2. The fourth-order valence-corrected chi connectivity index (χ4v) is 3.20. The molecule has 0 saturated heterocycles. The summed E-state index contributed by atoms with van der Waals surface area (Å²) in [5.74, 6) is 0.467. The van der Waals surface area contributed by atoms with E-state index in [1.165, 1.54) is 11.3 Å². The Morgan fingerprint density at radius 3 is 2.91 bits per heavy atom. The van der Waals surface area contributed by atoms with Gasteiger partial charge in [0.25, 0.3) is 0 Å². The lowest BCUT2D eigenvalue weighted by Crippen LogP contribution is -2.23. The van der Waals surface area contributed by atoms with E-state index < -0.39 is 5.97 Å². The first-order chi connectivity index (χ1) is 10.6. The molecule has 1 aliphatic rings. The monoisotopic (exact) mass is 339 g/mol. The molecular formula is C15H14ClNO4S. The van der Waals surface area contributed by atoms with Gasteiger partial charge in [0, 0.05) is 12.6 Å². The highest BCUT2D eigenvalue weighted by Gasteiger charge is 2.20. The van der Waals surface area contributed by atoms with Crippen LogP contribution in [-0.2, 0) is 11.3 Å². The van der Waals surface area contributed by atoms with Crippen LogP contribution in [0.5, 0.6) is 11.5 Å². The summed E-state index contributed by atoms with van der Waals surface area (Å²) in [5, 5.41) is 14.3. The quantitative estimate of drug-likeness (QED) is 0.843. The summed E-state index contributed by atoms with van der Waals surface area (Å²) < 4.78 is 11.3. The van der Waals surface area contributed by atoms with E-state index in [4.69, 9.17) is 26.2 Å². The Morgan fingerprint density at radius 1 is 1.36 bits per heavy atom. The van der Waals surface area contributed by atoms with Gasteiger partial charge in [0.15, 0.2) is 11.5 Å². The maximum atomic E-state index is 11.1. The first-order valence-electron chi connectivity index (χ1n) is 6.69. The molecule has 0 bridgehead atoms. The maximum Gasteiger partial charge on any atom is 0.305 e. The van der Waals surface area contributed by atoms with Crippen molar-refractivity contribution in [2.75, 3.05) is 6.79 Å². The predicted octanol–water partition coefficient (Wildman–Crippen LogP) is 3.44. The number of hydrogen-bond donors (Lipinski definition) is 2. The highest BCUT2D eigenvalue weighted by Crippen LogP contribution is 2.35. The van der Waals surface area contributed by atoms with Gasteiger partial charge in [0.2, 0.25) is 6.79 Å². The molecule has 0 unspecified atom stereocenters. The average Bonchev–Trinajstić information content (AvgIpc) is 3.10. The number of rotatable bonds is 6. The Balaban J connectivity index is 1.75. The summed E-state index contributed by atoms with van der Waals surface area (Å²) in [7, 11) is 0. The fraction of sp³-hybridized carbons (Fsp3) is 0.267. The van der Waals surface area contributed by atoms with Crippen LogP contribution in [0.25, 0.3) is 0 Å². The second-order valence-corrected chi connectivity index (χ2v) is 6.45. The largest absolute Gasteiger partial charge is 0.481 e. The van der Waals surface area contributed by atoms with E-state index in [1.54, 1.807) is 6.07 Å².